The molecule has 1 atom stereocenters. The molecule has 1 unspecified atom stereocenters. The van der Waals surface area contributed by atoms with Crippen LogP contribution < -0.4 is 5.73 Å². The molecule has 23 heavy (non-hydrogen) atoms. The number of imidazole rings is 1. The normalized spacial score (nSPS) is 14.2. The highest BCUT2D eigenvalue weighted by molar-refractivity contribution is 5.70. The molecule has 1 aliphatic rings. The van der Waals surface area contributed by atoms with Gasteiger partial charge >= 0.3 is 5.97 Å². The molecule has 0 aliphatic carbocycles. The number of aryl methyl sites for hydroxylation is 1. The van der Waals surface area contributed by atoms with Crippen LogP contribution in [0.3, 0.4) is 0 Å². The summed E-state index contributed by atoms with van der Waals surface area (Å²) in [7, 11) is 0. The van der Waals surface area contributed by atoms with Crippen LogP contribution in [0.2, 0.25) is 0 Å². The molecule has 0 saturated carbocycles. The maximum atomic E-state index is 11.5. The van der Waals surface area contributed by atoms with E-state index in [0.717, 1.165) is 30.7 Å². The molecule has 3 N–H and O–H groups in total. The molecule has 3 rings (SSSR count). The van der Waals surface area contributed by atoms with Crippen molar-refractivity contribution in [3.05, 3.63) is 47.0 Å². The van der Waals surface area contributed by atoms with Crippen molar-refractivity contribution in [3.63, 3.8) is 0 Å². The monoisotopic (exact) mass is 313 g/mol. The lowest BCUT2D eigenvalue weighted by Gasteiger charge is -2.22. The van der Waals surface area contributed by atoms with Crippen LogP contribution in [-0.4, -0.2) is 27.2 Å². The molecule has 1 aromatic carbocycles. The van der Waals surface area contributed by atoms with Gasteiger partial charge in [-0.1, -0.05) is 12.1 Å². The number of rotatable bonds is 6. The van der Waals surface area contributed by atoms with Crippen LogP contribution in [0.15, 0.2) is 24.5 Å². The van der Waals surface area contributed by atoms with Gasteiger partial charge in [-0.25, -0.2) is 4.98 Å². The van der Waals surface area contributed by atoms with Crippen LogP contribution in [0, 0.1) is 12.8 Å². The highest BCUT2D eigenvalue weighted by Crippen LogP contribution is 2.29. The van der Waals surface area contributed by atoms with Crippen molar-refractivity contribution in [2.24, 2.45) is 11.7 Å². The number of carboxylic acids is 1. The quantitative estimate of drug-likeness (QED) is 0.857. The largest absolute Gasteiger partial charge is 0.481 e. The number of carboxylic acid groups (broad SMARTS) is 1. The minimum atomic E-state index is -0.757. The Balaban J connectivity index is 1.89. The van der Waals surface area contributed by atoms with Gasteiger partial charge in [-0.15, -0.1) is 0 Å². The molecular formula is C18H23N3O2. The van der Waals surface area contributed by atoms with Gasteiger partial charge in [0.2, 0.25) is 0 Å². The van der Waals surface area contributed by atoms with Gasteiger partial charge in [0.05, 0.1) is 23.6 Å². The van der Waals surface area contributed by atoms with E-state index in [-0.39, 0.29) is 0 Å². The summed E-state index contributed by atoms with van der Waals surface area (Å²) in [6.07, 6.45) is 5.56. The van der Waals surface area contributed by atoms with E-state index in [1.54, 1.807) is 0 Å². The summed E-state index contributed by atoms with van der Waals surface area (Å²) in [4.78, 5) is 16.0. The molecule has 0 spiro atoms. The van der Waals surface area contributed by atoms with Gasteiger partial charge < -0.3 is 15.4 Å². The van der Waals surface area contributed by atoms with Gasteiger partial charge in [0.25, 0.3) is 0 Å². The standard InChI is InChI=1S/C18H23N3O2/c1-12-4-2-6-16-14(12)7-8-17-15(20-11-21(16)17)10-13(18(22)23)5-3-9-19/h2,4,6,11,13H,3,5,7-10,19H2,1H3,(H,22,23). The van der Waals surface area contributed by atoms with Gasteiger partial charge in [-0.3, -0.25) is 4.79 Å². The van der Waals surface area contributed by atoms with Crippen LogP contribution in [0.25, 0.3) is 5.69 Å². The van der Waals surface area contributed by atoms with Gasteiger partial charge in [-0.2, -0.15) is 0 Å². The molecule has 1 aliphatic heterocycles. The average Bonchev–Trinajstić information content (AvgIpc) is 2.95. The minimum Gasteiger partial charge on any atom is -0.481 e. The SMILES string of the molecule is Cc1cccc2c1CCc1c(CC(CCCN)C(=O)O)ncn1-2. The van der Waals surface area contributed by atoms with Crippen molar-refractivity contribution < 1.29 is 9.90 Å². The zero-order valence-electron chi connectivity index (χ0n) is 13.5. The number of aliphatic carboxylic acids is 1. The minimum absolute atomic E-state index is 0.406. The van der Waals surface area contributed by atoms with Crippen molar-refractivity contribution in [1.29, 1.82) is 0 Å². The third kappa shape index (κ3) is 3.01. The zero-order chi connectivity index (χ0) is 16.4. The van der Waals surface area contributed by atoms with Crippen LogP contribution in [0.5, 0.6) is 0 Å². The summed E-state index contributed by atoms with van der Waals surface area (Å²) in [6.45, 7) is 2.66. The van der Waals surface area contributed by atoms with Crippen molar-refractivity contribution in [2.75, 3.05) is 6.54 Å². The van der Waals surface area contributed by atoms with Gasteiger partial charge in [0, 0.05) is 12.1 Å². The molecule has 5 heteroatoms. The summed E-state index contributed by atoms with van der Waals surface area (Å²) in [5, 5.41) is 9.42. The number of benzene rings is 1. The Morgan fingerprint density at radius 2 is 2.26 bits per heavy atom. The highest BCUT2D eigenvalue weighted by Gasteiger charge is 2.25. The van der Waals surface area contributed by atoms with Crippen molar-refractivity contribution in [1.82, 2.24) is 9.55 Å². The van der Waals surface area contributed by atoms with E-state index in [2.05, 4.69) is 34.7 Å². The lowest BCUT2D eigenvalue weighted by molar-refractivity contribution is -0.142. The number of carbonyl (C=O) groups is 1. The Kier molecular flexibility index (Phi) is 4.48. The summed E-state index contributed by atoms with van der Waals surface area (Å²) in [6, 6.07) is 6.30. The Hall–Kier alpha value is -2.14. The number of aromatic nitrogens is 2. The lowest BCUT2D eigenvalue weighted by Crippen LogP contribution is -2.20. The lowest BCUT2D eigenvalue weighted by atomic mass is 9.93. The fraction of sp³-hybridized carbons (Fsp3) is 0.444. The van der Waals surface area contributed by atoms with Crippen LogP contribution in [0.1, 0.15) is 35.4 Å². The van der Waals surface area contributed by atoms with E-state index in [9.17, 15) is 9.90 Å². The molecule has 2 heterocycles. The molecule has 5 nitrogen and oxygen atoms in total. The van der Waals surface area contributed by atoms with E-state index in [0.29, 0.717) is 19.4 Å². The van der Waals surface area contributed by atoms with Crippen molar-refractivity contribution in [2.45, 2.75) is 39.0 Å². The second kappa shape index (κ2) is 6.54. The maximum absolute atomic E-state index is 11.5. The van der Waals surface area contributed by atoms with Crippen molar-refractivity contribution >= 4 is 5.97 Å². The van der Waals surface area contributed by atoms with E-state index >= 15 is 0 Å². The molecule has 0 amide bonds. The third-order valence-electron chi connectivity index (χ3n) is 4.76. The highest BCUT2D eigenvalue weighted by atomic mass is 16.4. The zero-order valence-corrected chi connectivity index (χ0v) is 13.5. The second-order valence-corrected chi connectivity index (χ2v) is 6.25. The Bertz CT molecular complexity index is 721. The fourth-order valence-electron chi connectivity index (χ4n) is 3.45. The average molecular weight is 313 g/mol. The van der Waals surface area contributed by atoms with E-state index in [1.807, 2.05) is 6.33 Å². The summed E-state index contributed by atoms with van der Waals surface area (Å²) in [5.41, 5.74) is 11.4. The topological polar surface area (TPSA) is 81.1 Å². The molecular weight excluding hydrogens is 290 g/mol. The number of nitrogens with two attached hydrogens (primary N) is 1. The first kappa shape index (κ1) is 15.7. The second-order valence-electron chi connectivity index (χ2n) is 6.25. The van der Waals surface area contributed by atoms with Crippen molar-refractivity contribution in [3.8, 4) is 5.69 Å². The molecule has 0 fully saturated rings. The Morgan fingerprint density at radius 3 is 3.00 bits per heavy atom. The number of fused-ring (bicyclic) bond motifs is 3. The third-order valence-corrected chi connectivity index (χ3v) is 4.76. The van der Waals surface area contributed by atoms with E-state index in [1.165, 1.54) is 16.8 Å². The molecule has 0 saturated heterocycles. The predicted octanol–water partition coefficient (Wildman–Crippen LogP) is 2.26. The first-order valence-corrected chi connectivity index (χ1v) is 8.18. The van der Waals surface area contributed by atoms with Crippen LogP contribution in [-0.2, 0) is 24.1 Å². The van der Waals surface area contributed by atoms with E-state index in [4.69, 9.17) is 5.73 Å². The van der Waals surface area contributed by atoms with Crippen LogP contribution >= 0.6 is 0 Å². The molecule has 1 aromatic heterocycles. The molecule has 0 radical (unpaired) electrons. The number of hydrogen-bond acceptors (Lipinski definition) is 3. The molecule has 0 bridgehead atoms. The first-order chi connectivity index (χ1) is 11.1. The molecule has 2 aromatic rings. The Labute approximate surface area is 136 Å². The summed E-state index contributed by atoms with van der Waals surface area (Å²) in [5.74, 6) is -1.16. The first-order valence-electron chi connectivity index (χ1n) is 8.18. The summed E-state index contributed by atoms with van der Waals surface area (Å²) >= 11 is 0. The maximum Gasteiger partial charge on any atom is 0.306 e. The summed E-state index contributed by atoms with van der Waals surface area (Å²) < 4.78 is 2.13. The number of hydrogen-bond donors (Lipinski definition) is 2. The van der Waals surface area contributed by atoms with Gasteiger partial charge in [0.15, 0.2) is 0 Å². The fourth-order valence-corrected chi connectivity index (χ4v) is 3.45. The smallest absolute Gasteiger partial charge is 0.306 e. The van der Waals surface area contributed by atoms with Gasteiger partial charge in [0.1, 0.15) is 0 Å². The van der Waals surface area contributed by atoms with E-state index < -0.39 is 11.9 Å². The molecule has 122 valence electrons. The van der Waals surface area contributed by atoms with Gasteiger partial charge in [-0.05, 0) is 56.3 Å². The van der Waals surface area contributed by atoms with Crippen LogP contribution in [0.4, 0.5) is 0 Å². The Morgan fingerprint density at radius 1 is 1.43 bits per heavy atom. The predicted molar refractivity (Wildman–Crippen MR) is 88.8 cm³/mol. The number of nitrogens with zero attached hydrogens (tertiary/aromatic N) is 2.